The van der Waals surface area contributed by atoms with Crippen LogP contribution in [0.25, 0.3) is 0 Å². The Morgan fingerprint density at radius 1 is 1.50 bits per heavy atom. The number of hydrogen-bond acceptors (Lipinski definition) is 5. The van der Waals surface area contributed by atoms with Gasteiger partial charge >= 0.3 is 0 Å². The molecular formula is C8H14N4OS. The molecule has 0 aromatic carbocycles. The average Bonchev–Trinajstić information content (AvgIpc) is 2.30. The van der Waals surface area contributed by atoms with Crippen molar-refractivity contribution >= 4 is 27.5 Å². The molecule has 0 fully saturated rings. The van der Waals surface area contributed by atoms with Crippen LogP contribution < -0.4 is 11.1 Å². The average molecular weight is 214 g/mol. The predicted octanol–water partition coefficient (Wildman–Crippen LogP) is 1.49. The zero-order chi connectivity index (χ0) is 10.8. The first-order valence-corrected chi connectivity index (χ1v) is 5.07. The standard InChI is InChI=1S/C8H14N4OS/c1-8(2,3)4-5(13)10-7-12-11-6(9)14-7/h4H2,1-3H3,(H2,9,11)(H,10,12,13). The third-order valence-electron chi connectivity index (χ3n) is 1.38. The van der Waals surface area contributed by atoms with Crippen LogP contribution in [0.5, 0.6) is 0 Å². The van der Waals surface area contributed by atoms with Gasteiger partial charge in [-0.2, -0.15) is 0 Å². The van der Waals surface area contributed by atoms with E-state index in [2.05, 4.69) is 15.5 Å². The molecule has 1 heterocycles. The van der Waals surface area contributed by atoms with E-state index in [4.69, 9.17) is 5.73 Å². The van der Waals surface area contributed by atoms with Gasteiger partial charge in [0.15, 0.2) is 0 Å². The Balaban J connectivity index is 2.50. The van der Waals surface area contributed by atoms with E-state index in [1.807, 2.05) is 20.8 Å². The van der Waals surface area contributed by atoms with Gasteiger partial charge in [-0.05, 0) is 5.41 Å². The molecule has 0 spiro atoms. The van der Waals surface area contributed by atoms with Crippen LogP contribution in [0.4, 0.5) is 10.3 Å². The molecule has 0 atom stereocenters. The van der Waals surface area contributed by atoms with Crippen molar-refractivity contribution in [3.63, 3.8) is 0 Å². The monoisotopic (exact) mass is 214 g/mol. The molecule has 14 heavy (non-hydrogen) atoms. The smallest absolute Gasteiger partial charge is 0.226 e. The number of nitrogens with two attached hydrogens (primary N) is 1. The van der Waals surface area contributed by atoms with Gasteiger partial charge in [0.1, 0.15) is 0 Å². The van der Waals surface area contributed by atoms with Crippen molar-refractivity contribution in [2.75, 3.05) is 11.1 Å². The van der Waals surface area contributed by atoms with Crippen LogP contribution in [-0.4, -0.2) is 16.1 Å². The lowest BCUT2D eigenvalue weighted by Crippen LogP contribution is -2.19. The summed E-state index contributed by atoms with van der Waals surface area (Å²) in [5, 5.41) is 10.8. The third-order valence-corrected chi connectivity index (χ3v) is 2.05. The van der Waals surface area contributed by atoms with E-state index in [0.29, 0.717) is 16.7 Å². The summed E-state index contributed by atoms with van der Waals surface area (Å²) in [5.41, 5.74) is 5.35. The Hall–Kier alpha value is -1.17. The van der Waals surface area contributed by atoms with Crippen LogP contribution in [0.3, 0.4) is 0 Å². The number of anilines is 2. The molecule has 0 saturated heterocycles. The quantitative estimate of drug-likeness (QED) is 0.781. The SMILES string of the molecule is CC(C)(C)CC(=O)Nc1nnc(N)s1. The Labute approximate surface area is 86.7 Å². The van der Waals surface area contributed by atoms with Crippen molar-refractivity contribution in [3.05, 3.63) is 0 Å². The van der Waals surface area contributed by atoms with Gasteiger partial charge in [0, 0.05) is 6.42 Å². The summed E-state index contributed by atoms with van der Waals surface area (Å²) in [7, 11) is 0. The van der Waals surface area contributed by atoms with Crippen molar-refractivity contribution in [1.82, 2.24) is 10.2 Å². The fourth-order valence-electron chi connectivity index (χ4n) is 0.930. The first-order chi connectivity index (χ1) is 6.37. The number of nitrogen functional groups attached to an aromatic ring is 1. The highest BCUT2D eigenvalue weighted by atomic mass is 32.1. The normalized spacial score (nSPS) is 11.4. The highest BCUT2D eigenvalue weighted by molar-refractivity contribution is 7.18. The summed E-state index contributed by atoms with van der Waals surface area (Å²) in [6.45, 7) is 6.00. The molecule has 0 aliphatic rings. The zero-order valence-electron chi connectivity index (χ0n) is 8.50. The molecule has 1 aromatic heterocycles. The Morgan fingerprint density at radius 2 is 2.14 bits per heavy atom. The van der Waals surface area contributed by atoms with Crippen LogP contribution in [0, 0.1) is 5.41 Å². The van der Waals surface area contributed by atoms with E-state index in [1.165, 1.54) is 11.3 Å². The first kappa shape index (κ1) is 10.9. The summed E-state index contributed by atoms with van der Waals surface area (Å²) in [5.74, 6) is -0.0614. The molecule has 0 aliphatic heterocycles. The van der Waals surface area contributed by atoms with Crippen molar-refractivity contribution in [2.45, 2.75) is 27.2 Å². The number of hydrogen-bond donors (Lipinski definition) is 2. The maximum Gasteiger partial charge on any atom is 0.226 e. The van der Waals surface area contributed by atoms with Crippen LogP contribution in [0.1, 0.15) is 27.2 Å². The fourth-order valence-corrected chi connectivity index (χ4v) is 1.46. The summed E-state index contributed by atoms with van der Waals surface area (Å²) < 4.78 is 0. The highest BCUT2D eigenvalue weighted by Crippen LogP contribution is 2.21. The fraction of sp³-hybridized carbons (Fsp3) is 0.625. The van der Waals surface area contributed by atoms with Crippen molar-refractivity contribution in [1.29, 1.82) is 0 Å². The van der Waals surface area contributed by atoms with E-state index < -0.39 is 0 Å². The number of nitrogens with zero attached hydrogens (tertiary/aromatic N) is 2. The molecule has 1 rings (SSSR count). The lowest BCUT2D eigenvalue weighted by atomic mass is 9.92. The van der Waals surface area contributed by atoms with E-state index in [-0.39, 0.29) is 11.3 Å². The number of amides is 1. The minimum atomic E-state index is -0.0614. The van der Waals surface area contributed by atoms with Gasteiger partial charge in [0.25, 0.3) is 0 Å². The number of nitrogens with one attached hydrogen (secondary N) is 1. The van der Waals surface area contributed by atoms with E-state index in [1.54, 1.807) is 0 Å². The molecule has 0 bridgehead atoms. The first-order valence-electron chi connectivity index (χ1n) is 4.26. The summed E-state index contributed by atoms with van der Waals surface area (Å²) in [4.78, 5) is 11.4. The number of rotatable bonds is 2. The van der Waals surface area contributed by atoms with Crippen LogP contribution >= 0.6 is 11.3 Å². The lowest BCUT2D eigenvalue weighted by molar-refractivity contribution is -0.117. The number of aromatic nitrogens is 2. The largest absolute Gasteiger partial charge is 0.374 e. The van der Waals surface area contributed by atoms with Gasteiger partial charge < -0.3 is 11.1 Å². The second-order valence-electron chi connectivity index (χ2n) is 4.23. The maximum atomic E-state index is 11.4. The molecule has 6 heteroatoms. The lowest BCUT2D eigenvalue weighted by Gasteiger charge is -2.16. The Bertz CT molecular complexity index is 328. The third kappa shape index (κ3) is 3.69. The van der Waals surface area contributed by atoms with Gasteiger partial charge in [-0.25, -0.2) is 0 Å². The van der Waals surface area contributed by atoms with Crippen LogP contribution in [-0.2, 0) is 4.79 Å². The molecule has 0 aliphatic carbocycles. The van der Waals surface area contributed by atoms with Crippen LogP contribution in [0.15, 0.2) is 0 Å². The van der Waals surface area contributed by atoms with Gasteiger partial charge in [-0.1, -0.05) is 32.1 Å². The maximum absolute atomic E-state index is 11.4. The van der Waals surface area contributed by atoms with E-state index in [9.17, 15) is 4.79 Å². The second kappa shape index (κ2) is 3.91. The van der Waals surface area contributed by atoms with Gasteiger partial charge in [-0.15, -0.1) is 10.2 Å². The van der Waals surface area contributed by atoms with Crippen molar-refractivity contribution < 1.29 is 4.79 Å². The summed E-state index contributed by atoms with van der Waals surface area (Å²) in [6.07, 6.45) is 0.451. The summed E-state index contributed by atoms with van der Waals surface area (Å²) in [6, 6.07) is 0. The molecule has 0 unspecified atom stereocenters. The molecule has 0 radical (unpaired) electrons. The minimum Gasteiger partial charge on any atom is -0.374 e. The van der Waals surface area contributed by atoms with Gasteiger partial charge in [0.2, 0.25) is 16.2 Å². The topological polar surface area (TPSA) is 80.9 Å². The Kier molecular flexibility index (Phi) is 3.05. The molecule has 1 aromatic rings. The summed E-state index contributed by atoms with van der Waals surface area (Å²) >= 11 is 1.17. The van der Waals surface area contributed by atoms with Crippen molar-refractivity contribution in [3.8, 4) is 0 Å². The molecule has 5 nitrogen and oxygen atoms in total. The number of carbonyl (C=O) groups excluding carboxylic acids is 1. The molecule has 78 valence electrons. The minimum absolute atomic E-state index is 0.0275. The molecule has 0 saturated carbocycles. The van der Waals surface area contributed by atoms with Crippen molar-refractivity contribution in [2.24, 2.45) is 5.41 Å². The molecule has 3 N–H and O–H groups in total. The zero-order valence-corrected chi connectivity index (χ0v) is 9.31. The predicted molar refractivity (Wildman–Crippen MR) is 57.0 cm³/mol. The molecule has 1 amide bonds. The van der Waals surface area contributed by atoms with Gasteiger partial charge in [0.05, 0.1) is 0 Å². The highest BCUT2D eigenvalue weighted by Gasteiger charge is 2.16. The van der Waals surface area contributed by atoms with Crippen LogP contribution in [0.2, 0.25) is 0 Å². The number of carbonyl (C=O) groups is 1. The molecular weight excluding hydrogens is 200 g/mol. The van der Waals surface area contributed by atoms with Gasteiger partial charge in [-0.3, -0.25) is 4.79 Å². The van der Waals surface area contributed by atoms with E-state index in [0.717, 1.165) is 0 Å². The second-order valence-corrected chi connectivity index (χ2v) is 5.24. The Morgan fingerprint density at radius 3 is 2.57 bits per heavy atom. The van der Waals surface area contributed by atoms with E-state index >= 15 is 0 Å².